The molecular formula is C16H18N4O2S2. The molecule has 1 saturated heterocycles. The van der Waals surface area contributed by atoms with Crippen LogP contribution >= 0.6 is 22.7 Å². The van der Waals surface area contributed by atoms with Crippen molar-refractivity contribution in [3.05, 3.63) is 34.8 Å². The van der Waals surface area contributed by atoms with E-state index in [9.17, 15) is 4.79 Å². The lowest BCUT2D eigenvalue weighted by molar-refractivity contribution is 0.0608. The quantitative estimate of drug-likeness (QED) is 0.770. The van der Waals surface area contributed by atoms with Gasteiger partial charge in [0.2, 0.25) is 0 Å². The molecule has 0 bridgehead atoms. The molecule has 0 aliphatic carbocycles. The van der Waals surface area contributed by atoms with Gasteiger partial charge in [-0.25, -0.2) is 4.98 Å². The van der Waals surface area contributed by atoms with E-state index in [0.717, 1.165) is 28.6 Å². The van der Waals surface area contributed by atoms with Crippen LogP contribution in [0.3, 0.4) is 0 Å². The summed E-state index contributed by atoms with van der Waals surface area (Å²) in [6.07, 6.45) is 1.95. The second-order valence-corrected chi connectivity index (χ2v) is 7.52. The Hall–Kier alpha value is -1.74. The zero-order valence-electron chi connectivity index (χ0n) is 13.1. The number of aliphatic hydroxyl groups is 1. The normalized spacial score (nSPS) is 16.1. The largest absolute Gasteiger partial charge is 0.395 e. The van der Waals surface area contributed by atoms with Gasteiger partial charge in [0, 0.05) is 44.3 Å². The van der Waals surface area contributed by atoms with E-state index in [0.29, 0.717) is 25.3 Å². The van der Waals surface area contributed by atoms with E-state index in [1.165, 1.54) is 11.3 Å². The first-order valence-electron chi connectivity index (χ1n) is 7.89. The number of hydrogen-bond donors (Lipinski definition) is 1. The van der Waals surface area contributed by atoms with E-state index in [1.54, 1.807) is 11.3 Å². The van der Waals surface area contributed by atoms with Gasteiger partial charge in [-0.05, 0) is 11.4 Å². The number of fused-ring (bicyclic) bond motifs is 1. The number of thiophene rings is 1. The fraction of sp³-hybridized carbons (Fsp3) is 0.375. The molecule has 1 amide bonds. The van der Waals surface area contributed by atoms with Crippen molar-refractivity contribution in [1.29, 1.82) is 0 Å². The number of thiazole rings is 1. The van der Waals surface area contributed by atoms with E-state index in [1.807, 2.05) is 38.4 Å². The predicted molar refractivity (Wildman–Crippen MR) is 95.8 cm³/mol. The Morgan fingerprint density at radius 3 is 2.79 bits per heavy atom. The van der Waals surface area contributed by atoms with E-state index < -0.39 is 0 Å². The van der Waals surface area contributed by atoms with Crippen LogP contribution in [0.2, 0.25) is 0 Å². The summed E-state index contributed by atoms with van der Waals surface area (Å²) in [5.41, 5.74) is 1.60. The minimum atomic E-state index is 0.0556. The van der Waals surface area contributed by atoms with Crippen LogP contribution in [0.15, 0.2) is 29.1 Å². The van der Waals surface area contributed by atoms with E-state index in [2.05, 4.69) is 9.88 Å². The molecular weight excluding hydrogens is 344 g/mol. The maximum Gasteiger partial charge on any atom is 0.271 e. The zero-order chi connectivity index (χ0) is 16.5. The van der Waals surface area contributed by atoms with Gasteiger partial charge < -0.3 is 10.0 Å². The molecule has 6 nitrogen and oxygen atoms in total. The number of aliphatic hydroxyl groups excluding tert-OH is 1. The van der Waals surface area contributed by atoms with Crippen molar-refractivity contribution in [2.75, 3.05) is 39.3 Å². The van der Waals surface area contributed by atoms with Gasteiger partial charge in [-0.15, -0.1) is 22.7 Å². The van der Waals surface area contributed by atoms with Crippen molar-refractivity contribution in [2.24, 2.45) is 0 Å². The summed E-state index contributed by atoms with van der Waals surface area (Å²) in [5.74, 6) is 0.0556. The van der Waals surface area contributed by atoms with E-state index in [-0.39, 0.29) is 12.5 Å². The number of piperazine rings is 1. The van der Waals surface area contributed by atoms with Crippen LogP contribution in [-0.4, -0.2) is 69.5 Å². The standard InChI is InChI=1S/C16H18N4O2S2/c21-8-7-18-3-5-19(6-4-18)15(22)13-11-24-16-17-12(10-20(13)16)14-2-1-9-23-14/h1-2,9-11,21H,3-8H2. The molecule has 4 rings (SSSR count). The molecule has 0 saturated carbocycles. The van der Waals surface area contributed by atoms with Crippen LogP contribution in [0.4, 0.5) is 0 Å². The minimum absolute atomic E-state index is 0.0556. The Kier molecular flexibility index (Phi) is 4.36. The number of carbonyl (C=O) groups is 1. The third-order valence-corrected chi connectivity index (χ3v) is 6.01. The number of aromatic nitrogens is 2. The highest BCUT2D eigenvalue weighted by molar-refractivity contribution is 7.15. The minimum Gasteiger partial charge on any atom is -0.395 e. The molecule has 8 heteroatoms. The molecule has 24 heavy (non-hydrogen) atoms. The fourth-order valence-electron chi connectivity index (χ4n) is 2.96. The van der Waals surface area contributed by atoms with Gasteiger partial charge in [0.05, 0.1) is 11.5 Å². The van der Waals surface area contributed by atoms with E-state index >= 15 is 0 Å². The Morgan fingerprint density at radius 1 is 1.25 bits per heavy atom. The van der Waals surface area contributed by atoms with Gasteiger partial charge in [0.15, 0.2) is 4.96 Å². The Bertz CT molecular complexity index is 832. The number of hydrogen-bond acceptors (Lipinski definition) is 6. The first-order valence-corrected chi connectivity index (χ1v) is 9.65. The molecule has 3 aromatic heterocycles. The average Bonchev–Trinajstić information content (AvgIpc) is 3.31. The summed E-state index contributed by atoms with van der Waals surface area (Å²) in [6.45, 7) is 3.86. The van der Waals surface area contributed by atoms with Gasteiger partial charge in [0.25, 0.3) is 5.91 Å². The summed E-state index contributed by atoms with van der Waals surface area (Å²) in [5, 5.41) is 12.9. The molecule has 3 aromatic rings. The molecule has 1 aliphatic rings. The molecule has 0 radical (unpaired) electrons. The summed E-state index contributed by atoms with van der Waals surface area (Å²) in [7, 11) is 0. The highest BCUT2D eigenvalue weighted by Crippen LogP contribution is 2.27. The molecule has 0 unspecified atom stereocenters. The van der Waals surface area contributed by atoms with Crippen LogP contribution in [0, 0.1) is 0 Å². The van der Waals surface area contributed by atoms with Crippen LogP contribution < -0.4 is 0 Å². The molecule has 4 heterocycles. The monoisotopic (exact) mass is 362 g/mol. The van der Waals surface area contributed by atoms with Crippen molar-refractivity contribution < 1.29 is 9.90 Å². The predicted octanol–water partition coefficient (Wildman–Crippen LogP) is 1.87. The number of nitrogens with zero attached hydrogens (tertiary/aromatic N) is 4. The lowest BCUT2D eigenvalue weighted by Gasteiger charge is -2.34. The van der Waals surface area contributed by atoms with E-state index in [4.69, 9.17) is 5.11 Å². The highest BCUT2D eigenvalue weighted by atomic mass is 32.1. The van der Waals surface area contributed by atoms with Crippen LogP contribution in [0.25, 0.3) is 15.5 Å². The molecule has 0 spiro atoms. The highest BCUT2D eigenvalue weighted by Gasteiger charge is 2.24. The van der Waals surface area contributed by atoms with Crippen LogP contribution in [0.5, 0.6) is 0 Å². The zero-order valence-corrected chi connectivity index (χ0v) is 14.7. The van der Waals surface area contributed by atoms with Crippen molar-refractivity contribution in [3.63, 3.8) is 0 Å². The van der Waals surface area contributed by atoms with Crippen molar-refractivity contribution in [1.82, 2.24) is 19.2 Å². The summed E-state index contributed by atoms with van der Waals surface area (Å²) >= 11 is 3.15. The van der Waals surface area contributed by atoms with Gasteiger partial charge in [-0.2, -0.15) is 0 Å². The van der Waals surface area contributed by atoms with Gasteiger partial charge in [-0.3, -0.25) is 14.1 Å². The van der Waals surface area contributed by atoms with Crippen molar-refractivity contribution in [2.45, 2.75) is 0 Å². The number of rotatable bonds is 4. The first kappa shape index (κ1) is 15.8. The smallest absolute Gasteiger partial charge is 0.271 e. The fourth-order valence-corrected chi connectivity index (χ4v) is 4.49. The molecule has 126 valence electrons. The Balaban J connectivity index is 1.54. The Labute approximate surface area is 147 Å². The third-order valence-electron chi connectivity index (χ3n) is 4.28. The second kappa shape index (κ2) is 6.64. The number of imidazole rings is 1. The van der Waals surface area contributed by atoms with Crippen molar-refractivity contribution in [3.8, 4) is 10.6 Å². The SMILES string of the molecule is O=C(c1csc2nc(-c3cccs3)cn12)N1CCN(CCO)CC1. The van der Waals surface area contributed by atoms with Gasteiger partial charge in [-0.1, -0.05) is 6.07 Å². The maximum absolute atomic E-state index is 12.9. The maximum atomic E-state index is 12.9. The summed E-state index contributed by atoms with van der Waals surface area (Å²) in [6, 6.07) is 4.05. The average molecular weight is 362 g/mol. The molecule has 0 aromatic carbocycles. The lowest BCUT2D eigenvalue weighted by Crippen LogP contribution is -2.49. The van der Waals surface area contributed by atoms with Crippen molar-refractivity contribution >= 4 is 33.5 Å². The number of amides is 1. The lowest BCUT2D eigenvalue weighted by atomic mass is 10.3. The Morgan fingerprint density at radius 2 is 2.08 bits per heavy atom. The summed E-state index contributed by atoms with van der Waals surface area (Å²) in [4.78, 5) is 23.5. The summed E-state index contributed by atoms with van der Waals surface area (Å²) < 4.78 is 1.90. The molecule has 0 atom stereocenters. The molecule has 1 N–H and O–H groups in total. The second-order valence-electron chi connectivity index (χ2n) is 5.73. The molecule has 1 fully saturated rings. The van der Waals surface area contributed by atoms with Crippen LogP contribution in [-0.2, 0) is 0 Å². The van der Waals surface area contributed by atoms with Gasteiger partial charge in [0.1, 0.15) is 11.4 Å². The van der Waals surface area contributed by atoms with Gasteiger partial charge >= 0.3 is 0 Å². The van der Waals surface area contributed by atoms with Crippen LogP contribution in [0.1, 0.15) is 10.5 Å². The third kappa shape index (κ3) is 2.86. The molecule has 1 aliphatic heterocycles. The number of carbonyl (C=O) groups excluding carboxylic acids is 1. The first-order chi connectivity index (χ1) is 11.8. The number of β-amino-alcohol motifs (C(OH)–C–C–N with tert-alkyl or cyclic N) is 1. The topological polar surface area (TPSA) is 61.1 Å².